The first kappa shape index (κ1) is 18.2. The molecule has 1 aliphatic rings. The average molecular weight is 377 g/mol. The third kappa shape index (κ3) is 3.82. The number of hydrogen-bond donors (Lipinski definition) is 1. The Kier molecular flexibility index (Phi) is 5.64. The summed E-state index contributed by atoms with van der Waals surface area (Å²) < 4.78 is 2.02. The van der Waals surface area contributed by atoms with E-state index in [2.05, 4.69) is 29.8 Å². The lowest BCUT2D eigenvalue weighted by Crippen LogP contribution is -2.23. The minimum atomic E-state index is -0.350. The Morgan fingerprint density at radius 3 is 3.08 bits per heavy atom. The predicted molar refractivity (Wildman–Crippen MR) is 104 cm³/mol. The van der Waals surface area contributed by atoms with E-state index < -0.39 is 0 Å². The van der Waals surface area contributed by atoms with E-state index in [0.29, 0.717) is 11.7 Å². The maximum atomic E-state index is 11.4. The van der Waals surface area contributed by atoms with Gasteiger partial charge < -0.3 is 5.73 Å². The zero-order valence-corrected chi connectivity index (χ0v) is 16.3. The van der Waals surface area contributed by atoms with Gasteiger partial charge in [0.15, 0.2) is 11.0 Å². The van der Waals surface area contributed by atoms with Crippen LogP contribution in [0.15, 0.2) is 23.9 Å². The number of hydrogen-bond acceptors (Lipinski definition) is 5. The second-order valence-corrected chi connectivity index (χ2v) is 8.89. The van der Waals surface area contributed by atoms with Gasteiger partial charge in [0.2, 0.25) is 5.91 Å². The summed E-state index contributed by atoms with van der Waals surface area (Å²) >= 11 is 3.17. The molecule has 25 heavy (non-hydrogen) atoms. The van der Waals surface area contributed by atoms with Crippen LogP contribution in [0.3, 0.4) is 0 Å². The summed E-state index contributed by atoms with van der Waals surface area (Å²) in [6, 6.07) is 2.28. The highest BCUT2D eigenvalue weighted by Crippen LogP contribution is 2.38. The molecule has 134 valence electrons. The Morgan fingerprint density at radius 1 is 1.60 bits per heavy atom. The van der Waals surface area contributed by atoms with Gasteiger partial charge in [0, 0.05) is 11.4 Å². The Balaban J connectivity index is 1.92. The molecule has 2 heterocycles. The fourth-order valence-corrected chi connectivity index (χ4v) is 5.14. The standard InChI is InChI=1S/C18H24N4OS2/c1-4-8-22-17(20-21-18(22)24-11(3)16(19)23)15-10-13-9-12(5-2)6-7-14(13)25-15/h4,10-12H,1,5-9H2,2-3H3,(H2,19,23)/t11-,12+/m0/s1. The molecule has 2 atom stereocenters. The summed E-state index contributed by atoms with van der Waals surface area (Å²) in [6.45, 7) is 8.50. The summed E-state index contributed by atoms with van der Waals surface area (Å²) in [5, 5.41) is 9.06. The normalized spacial score (nSPS) is 17.9. The summed E-state index contributed by atoms with van der Waals surface area (Å²) in [7, 11) is 0. The largest absolute Gasteiger partial charge is 0.369 e. The van der Waals surface area contributed by atoms with Crippen molar-refractivity contribution in [1.29, 1.82) is 0 Å². The molecule has 5 nitrogen and oxygen atoms in total. The molecule has 0 saturated carbocycles. The molecule has 0 bridgehead atoms. The van der Waals surface area contributed by atoms with Crippen LogP contribution in [0.5, 0.6) is 0 Å². The van der Waals surface area contributed by atoms with Crippen molar-refractivity contribution in [2.24, 2.45) is 11.7 Å². The number of rotatable bonds is 7. The molecule has 1 aliphatic carbocycles. The van der Waals surface area contributed by atoms with Gasteiger partial charge in [-0.3, -0.25) is 9.36 Å². The fourth-order valence-electron chi connectivity index (χ4n) is 3.13. The molecule has 2 aromatic heterocycles. The molecule has 2 N–H and O–H groups in total. The molecule has 0 aromatic carbocycles. The van der Waals surface area contributed by atoms with E-state index in [1.54, 1.807) is 6.92 Å². The van der Waals surface area contributed by atoms with Crippen molar-refractivity contribution in [2.45, 2.75) is 56.5 Å². The lowest BCUT2D eigenvalue weighted by Gasteiger charge is -2.19. The number of primary amides is 1. The van der Waals surface area contributed by atoms with Crippen LogP contribution in [0, 0.1) is 5.92 Å². The Labute approximate surface area is 156 Å². The van der Waals surface area contributed by atoms with Gasteiger partial charge in [-0.15, -0.1) is 28.1 Å². The molecule has 0 unspecified atom stereocenters. The first-order chi connectivity index (χ1) is 12.0. The topological polar surface area (TPSA) is 73.8 Å². The molecule has 0 saturated heterocycles. The number of aryl methyl sites for hydroxylation is 1. The summed E-state index contributed by atoms with van der Waals surface area (Å²) in [4.78, 5) is 14.0. The van der Waals surface area contributed by atoms with E-state index in [4.69, 9.17) is 5.73 Å². The molecule has 2 aromatic rings. The van der Waals surface area contributed by atoms with Crippen LogP contribution in [0.1, 0.15) is 37.1 Å². The molecule has 3 rings (SSSR count). The van der Waals surface area contributed by atoms with Gasteiger partial charge in [-0.1, -0.05) is 31.2 Å². The molecule has 1 amide bonds. The van der Waals surface area contributed by atoms with E-state index in [1.807, 2.05) is 22.0 Å². The zero-order valence-electron chi connectivity index (χ0n) is 14.7. The van der Waals surface area contributed by atoms with Crippen molar-refractivity contribution in [1.82, 2.24) is 14.8 Å². The molecule has 0 spiro atoms. The summed E-state index contributed by atoms with van der Waals surface area (Å²) in [5.74, 6) is 1.30. The van der Waals surface area contributed by atoms with Crippen molar-refractivity contribution in [3.63, 3.8) is 0 Å². The van der Waals surface area contributed by atoms with Gasteiger partial charge in [-0.2, -0.15) is 0 Å². The number of nitrogens with zero attached hydrogens (tertiary/aromatic N) is 3. The van der Waals surface area contributed by atoms with Crippen LogP contribution in [0.4, 0.5) is 0 Å². The van der Waals surface area contributed by atoms with Crippen LogP contribution in [0.25, 0.3) is 10.7 Å². The number of fused-ring (bicyclic) bond motifs is 1. The number of nitrogens with two attached hydrogens (primary N) is 1. The van der Waals surface area contributed by atoms with E-state index in [-0.39, 0.29) is 11.2 Å². The summed E-state index contributed by atoms with van der Waals surface area (Å²) in [5.41, 5.74) is 6.85. The molecular formula is C18H24N4OS2. The van der Waals surface area contributed by atoms with Crippen LogP contribution >= 0.6 is 23.1 Å². The SMILES string of the molecule is C=CCn1c(S[C@@H](C)C(N)=O)nnc1-c1cc2c(s1)CC[C@@H](CC)C2. The zero-order chi connectivity index (χ0) is 18.0. The minimum Gasteiger partial charge on any atom is -0.369 e. The number of carbonyl (C=O) groups is 1. The van der Waals surface area contributed by atoms with Crippen molar-refractivity contribution >= 4 is 29.0 Å². The number of amides is 1. The number of thiophene rings is 1. The first-order valence-corrected chi connectivity index (χ1v) is 10.3. The van der Waals surface area contributed by atoms with Crippen molar-refractivity contribution < 1.29 is 4.79 Å². The highest BCUT2D eigenvalue weighted by molar-refractivity contribution is 8.00. The van der Waals surface area contributed by atoms with Crippen LogP contribution in [-0.4, -0.2) is 25.9 Å². The van der Waals surface area contributed by atoms with Gasteiger partial charge in [-0.25, -0.2) is 0 Å². The maximum Gasteiger partial charge on any atom is 0.230 e. The monoisotopic (exact) mass is 376 g/mol. The second-order valence-electron chi connectivity index (χ2n) is 6.44. The Bertz CT molecular complexity index is 780. The smallest absolute Gasteiger partial charge is 0.230 e. The van der Waals surface area contributed by atoms with E-state index in [0.717, 1.165) is 29.5 Å². The van der Waals surface area contributed by atoms with Crippen LogP contribution in [-0.2, 0) is 24.2 Å². The lowest BCUT2D eigenvalue weighted by atomic mass is 9.87. The van der Waals surface area contributed by atoms with E-state index >= 15 is 0 Å². The van der Waals surface area contributed by atoms with Crippen LogP contribution in [0.2, 0.25) is 0 Å². The van der Waals surface area contributed by atoms with Gasteiger partial charge >= 0.3 is 0 Å². The second kappa shape index (κ2) is 7.74. The molecule has 0 radical (unpaired) electrons. The van der Waals surface area contributed by atoms with Gasteiger partial charge in [0.05, 0.1) is 10.1 Å². The quantitative estimate of drug-likeness (QED) is 0.591. The molecular weight excluding hydrogens is 352 g/mol. The first-order valence-electron chi connectivity index (χ1n) is 8.65. The minimum absolute atomic E-state index is 0.345. The van der Waals surface area contributed by atoms with Crippen molar-refractivity contribution in [2.75, 3.05) is 0 Å². The molecule has 7 heteroatoms. The van der Waals surface area contributed by atoms with E-state index in [9.17, 15) is 4.79 Å². The number of aromatic nitrogens is 3. The third-order valence-corrected chi connectivity index (χ3v) is 7.03. The average Bonchev–Trinajstić information content (AvgIpc) is 3.18. The number of allylic oxidation sites excluding steroid dienone is 1. The highest BCUT2D eigenvalue weighted by atomic mass is 32.2. The molecule has 0 aliphatic heterocycles. The van der Waals surface area contributed by atoms with Crippen molar-refractivity contribution in [3.05, 3.63) is 29.2 Å². The summed E-state index contributed by atoms with van der Waals surface area (Å²) in [6.07, 6.45) is 6.67. The fraction of sp³-hybridized carbons (Fsp3) is 0.500. The van der Waals surface area contributed by atoms with Gasteiger partial charge in [-0.05, 0) is 43.7 Å². The number of carbonyl (C=O) groups excluding carboxylic acids is 1. The highest BCUT2D eigenvalue weighted by Gasteiger charge is 2.24. The van der Waals surface area contributed by atoms with E-state index in [1.165, 1.54) is 35.0 Å². The van der Waals surface area contributed by atoms with Crippen molar-refractivity contribution in [3.8, 4) is 10.7 Å². The lowest BCUT2D eigenvalue weighted by molar-refractivity contribution is -0.117. The number of thioether (sulfide) groups is 1. The predicted octanol–water partition coefficient (Wildman–Crippen LogP) is 3.67. The third-order valence-electron chi connectivity index (χ3n) is 4.69. The van der Waals surface area contributed by atoms with Gasteiger partial charge in [0.1, 0.15) is 0 Å². The Hall–Kier alpha value is -1.60. The van der Waals surface area contributed by atoms with Crippen LogP contribution < -0.4 is 5.73 Å². The molecule has 0 fully saturated rings. The van der Waals surface area contributed by atoms with Gasteiger partial charge in [0.25, 0.3) is 0 Å². The maximum absolute atomic E-state index is 11.4. The Morgan fingerprint density at radius 2 is 2.40 bits per heavy atom.